The molecular weight excluding hydrogens is 424 g/mol. The van der Waals surface area contributed by atoms with Gasteiger partial charge in [-0.15, -0.1) is 11.8 Å². The quantitative estimate of drug-likeness (QED) is 0.730. The monoisotopic (exact) mass is 440 g/mol. The first-order valence-corrected chi connectivity index (χ1v) is 10.5. The molecule has 2 aliphatic rings. The van der Waals surface area contributed by atoms with Crippen LogP contribution in [0.3, 0.4) is 0 Å². The van der Waals surface area contributed by atoms with E-state index < -0.39 is 17.6 Å². The molecule has 0 saturated carbocycles. The van der Waals surface area contributed by atoms with Crippen molar-refractivity contribution >= 4 is 35.2 Å². The number of hydrogen-bond donors (Lipinski definition) is 1. The summed E-state index contributed by atoms with van der Waals surface area (Å²) in [7, 11) is 1.31. The smallest absolute Gasteiger partial charge is 0.337 e. The maximum atomic E-state index is 13.1. The number of ether oxygens (including phenoxy) is 1. The summed E-state index contributed by atoms with van der Waals surface area (Å²) >= 11 is 7.24. The van der Waals surface area contributed by atoms with Crippen molar-refractivity contribution in [3.63, 3.8) is 0 Å². The highest BCUT2D eigenvalue weighted by molar-refractivity contribution is 8.03. The number of halogens is 1. The molecule has 152 valence electrons. The third-order valence-corrected chi connectivity index (χ3v) is 6.83. The summed E-state index contributed by atoms with van der Waals surface area (Å²) in [4.78, 5) is 26.1. The van der Waals surface area contributed by atoms with Crippen molar-refractivity contribution in [2.75, 3.05) is 12.9 Å². The number of methoxy groups -OCH3 is 1. The number of esters is 1. The molecule has 2 aliphatic heterocycles. The Balaban J connectivity index is 1.73. The van der Waals surface area contributed by atoms with Gasteiger partial charge in [-0.3, -0.25) is 9.69 Å². The van der Waals surface area contributed by atoms with Crippen LogP contribution in [0.25, 0.3) is 0 Å². The Morgan fingerprint density at radius 2 is 1.93 bits per heavy atom. The van der Waals surface area contributed by atoms with Gasteiger partial charge in [-0.05, 0) is 29.8 Å². The van der Waals surface area contributed by atoms with Crippen molar-refractivity contribution < 1.29 is 19.4 Å². The maximum absolute atomic E-state index is 13.1. The molecular formula is C22H17ClN2O4S. The molecule has 2 aromatic carbocycles. The number of fused-ring (bicyclic) bond motifs is 1. The summed E-state index contributed by atoms with van der Waals surface area (Å²) in [5.41, 5.74) is 0.575. The van der Waals surface area contributed by atoms with E-state index in [1.807, 2.05) is 0 Å². The van der Waals surface area contributed by atoms with E-state index in [1.165, 1.54) is 23.8 Å². The molecule has 4 rings (SSSR count). The number of carbonyl (C=O) groups excluding carboxylic acids is 2. The molecule has 1 saturated heterocycles. The number of nitrogens with zero attached hydrogens (tertiary/aromatic N) is 2. The maximum Gasteiger partial charge on any atom is 0.337 e. The number of carbonyl (C=O) groups is 2. The fourth-order valence-electron chi connectivity index (χ4n) is 3.81. The van der Waals surface area contributed by atoms with Gasteiger partial charge in [-0.2, -0.15) is 5.26 Å². The summed E-state index contributed by atoms with van der Waals surface area (Å²) in [5, 5.41) is 22.2. The first-order valence-electron chi connectivity index (χ1n) is 9.16. The highest BCUT2D eigenvalue weighted by Gasteiger charge is 2.51. The zero-order valence-electron chi connectivity index (χ0n) is 16.0. The van der Waals surface area contributed by atoms with Crippen LogP contribution in [-0.2, 0) is 15.3 Å². The molecule has 2 aromatic rings. The molecule has 0 spiro atoms. The zero-order valence-corrected chi connectivity index (χ0v) is 17.5. The predicted octanol–water partition coefficient (Wildman–Crippen LogP) is 3.77. The van der Waals surface area contributed by atoms with Gasteiger partial charge >= 0.3 is 5.97 Å². The van der Waals surface area contributed by atoms with Crippen LogP contribution in [0.1, 0.15) is 33.8 Å². The fourth-order valence-corrected chi connectivity index (χ4v) is 5.29. The van der Waals surface area contributed by atoms with Gasteiger partial charge in [0.25, 0.3) is 0 Å². The Bertz CT molecular complexity index is 1090. The number of rotatable bonds is 3. The molecule has 0 unspecified atom stereocenters. The van der Waals surface area contributed by atoms with E-state index in [-0.39, 0.29) is 18.1 Å². The molecule has 0 aromatic heterocycles. The first kappa shape index (κ1) is 20.5. The average Bonchev–Trinajstić information content (AvgIpc) is 3.12. The van der Waals surface area contributed by atoms with Crippen LogP contribution in [0.5, 0.6) is 0 Å². The molecule has 1 amide bonds. The minimum Gasteiger partial charge on any atom is -0.465 e. The number of amides is 1. The van der Waals surface area contributed by atoms with E-state index in [9.17, 15) is 20.0 Å². The van der Waals surface area contributed by atoms with E-state index in [4.69, 9.17) is 16.3 Å². The topological polar surface area (TPSA) is 90.6 Å². The van der Waals surface area contributed by atoms with Crippen molar-refractivity contribution in [2.24, 2.45) is 0 Å². The second-order valence-electron chi connectivity index (χ2n) is 7.04. The van der Waals surface area contributed by atoms with E-state index in [2.05, 4.69) is 6.07 Å². The summed E-state index contributed by atoms with van der Waals surface area (Å²) in [6.07, 6.45) is 0.0421. The number of allylic oxidation sites excluding steroid dienone is 1. The van der Waals surface area contributed by atoms with Crippen LogP contribution in [0.15, 0.2) is 59.1 Å². The summed E-state index contributed by atoms with van der Waals surface area (Å²) in [5.74, 6) is -0.950. The average molecular weight is 441 g/mol. The Labute approximate surface area is 182 Å². The Hall–Kier alpha value is -2.79. The van der Waals surface area contributed by atoms with E-state index in [1.54, 1.807) is 48.5 Å². The second-order valence-corrected chi connectivity index (χ2v) is 8.44. The Morgan fingerprint density at radius 1 is 1.27 bits per heavy atom. The molecule has 1 fully saturated rings. The van der Waals surface area contributed by atoms with Gasteiger partial charge in [0.1, 0.15) is 0 Å². The van der Waals surface area contributed by atoms with Crippen molar-refractivity contribution in [2.45, 2.75) is 18.1 Å². The second kappa shape index (κ2) is 7.80. The highest BCUT2D eigenvalue weighted by Crippen LogP contribution is 2.51. The van der Waals surface area contributed by atoms with Crippen LogP contribution < -0.4 is 0 Å². The number of nitriles is 1. The molecule has 6 nitrogen and oxygen atoms in total. The number of benzene rings is 2. The SMILES string of the molecule is COC(=O)c1ccc([C@H]2CC(=O)N3C(=C2C#N)SC[C@]3(O)c2ccc(Cl)cc2)cc1. The van der Waals surface area contributed by atoms with Crippen LogP contribution >= 0.6 is 23.4 Å². The van der Waals surface area contributed by atoms with Gasteiger partial charge in [-0.1, -0.05) is 35.9 Å². The molecule has 2 heterocycles. The lowest BCUT2D eigenvalue weighted by Gasteiger charge is -2.38. The minimum absolute atomic E-state index is 0.0421. The zero-order chi connectivity index (χ0) is 21.5. The Kier molecular flexibility index (Phi) is 5.33. The van der Waals surface area contributed by atoms with Crippen molar-refractivity contribution in [3.05, 3.63) is 80.8 Å². The van der Waals surface area contributed by atoms with E-state index >= 15 is 0 Å². The van der Waals surface area contributed by atoms with E-state index in [0.717, 1.165) is 5.56 Å². The van der Waals surface area contributed by atoms with Gasteiger partial charge < -0.3 is 9.84 Å². The number of aliphatic hydroxyl groups is 1. The fraction of sp³-hybridized carbons (Fsp3) is 0.227. The number of hydrogen-bond acceptors (Lipinski definition) is 6. The van der Waals surface area contributed by atoms with Crippen molar-refractivity contribution in [1.82, 2.24) is 4.90 Å². The van der Waals surface area contributed by atoms with Gasteiger partial charge in [0.2, 0.25) is 5.91 Å². The van der Waals surface area contributed by atoms with Gasteiger partial charge in [-0.25, -0.2) is 4.79 Å². The molecule has 0 aliphatic carbocycles. The summed E-state index contributed by atoms with van der Waals surface area (Å²) in [6.45, 7) is 0. The minimum atomic E-state index is -1.54. The van der Waals surface area contributed by atoms with E-state index in [0.29, 0.717) is 26.8 Å². The third-order valence-electron chi connectivity index (χ3n) is 5.35. The molecule has 0 radical (unpaired) electrons. The molecule has 1 N–H and O–H groups in total. The molecule has 30 heavy (non-hydrogen) atoms. The molecule has 0 bridgehead atoms. The third kappa shape index (κ3) is 3.27. The predicted molar refractivity (Wildman–Crippen MR) is 112 cm³/mol. The van der Waals surface area contributed by atoms with Gasteiger partial charge in [0, 0.05) is 22.9 Å². The van der Waals surface area contributed by atoms with Gasteiger partial charge in [0.15, 0.2) is 5.72 Å². The Morgan fingerprint density at radius 3 is 2.53 bits per heavy atom. The number of thioether (sulfide) groups is 1. The normalized spacial score (nSPS) is 23.2. The lowest BCUT2D eigenvalue weighted by molar-refractivity contribution is -0.149. The van der Waals surface area contributed by atoms with Crippen LogP contribution in [0, 0.1) is 11.3 Å². The van der Waals surface area contributed by atoms with Gasteiger partial charge in [0.05, 0.1) is 35.1 Å². The standard InChI is InChI=1S/C22H17ClN2O4S/c1-29-21(27)14-4-2-13(3-5-14)17-10-19(26)25-20(18(17)11-24)30-12-22(25,28)15-6-8-16(23)9-7-15/h2-9,17,28H,10,12H2,1H3/t17-,22+/m1/s1. The first-order chi connectivity index (χ1) is 14.4. The highest BCUT2D eigenvalue weighted by atomic mass is 35.5. The van der Waals surface area contributed by atoms with Crippen LogP contribution in [0.2, 0.25) is 5.02 Å². The molecule has 8 heteroatoms. The largest absolute Gasteiger partial charge is 0.465 e. The lowest BCUT2D eigenvalue weighted by Crippen LogP contribution is -2.48. The summed E-state index contributed by atoms with van der Waals surface area (Å²) < 4.78 is 4.71. The molecule has 2 atom stereocenters. The van der Waals surface area contributed by atoms with Crippen LogP contribution in [-0.4, -0.2) is 34.7 Å². The van der Waals surface area contributed by atoms with Crippen molar-refractivity contribution in [3.8, 4) is 6.07 Å². The summed E-state index contributed by atoms with van der Waals surface area (Å²) in [6, 6.07) is 15.6. The lowest BCUT2D eigenvalue weighted by atomic mass is 9.85. The van der Waals surface area contributed by atoms with Crippen molar-refractivity contribution in [1.29, 1.82) is 5.26 Å². The van der Waals surface area contributed by atoms with Crippen LogP contribution in [0.4, 0.5) is 0 Å².